The van der Waals surface area contributed by atoms with Crippen molar-refractivity contribution in [1.82, 2.24) is 4.98 Å². The first-order chi connectivity index (χ1) is 9.22. The van der Waals surface area contributed by atoms with Crippen molar-refractivity contribution < 1.29 is 14.4 Å². The van der Waals surface area contributed by atoms with Crippen LogP contribution in [0.3, 0.4) is 0 Å². The van der Waals surface area contributed by atoms with Crippen LogP contribution in [0, 0.1) is 10.1 Å². The molecule has 98 valence electrons. The van der Waals surface area contributed by atoms with Gasteiger partial charge in [-0.25, -0.2) is 4.98 Å². The number of nitro groups is 1. The van der Waals surface area contributed by atoms with Gasteiger partial charge < -0.3 is 9.47 Å². The third-order valence-corrected chi connectivity index (χ3v) is 2.50. The van der Waals surface area contributed by atoms with Crippen LogP contribution >= 0.6 is 0 Å². The molecule has 1 aromatic carbocycles. The fourth-order valence-corrected chi connectivity index (χ4v) is 1.60. The van der Waals surface area contributed by atoms with E-state index in [1.807, 2.05) is 18.2 Å². The maximum absolute atomic E-state index is 10.8. The molecule has 0 aliphatic carbocycles. The fourth-order valence-electron chi connectivity index (χ4n) is 1.60. The van der Waals surface area contributed by atoms with E-state index in [2.05, 4.69) is 4.98 Å². The quantitative estimate of drug-likeness (QED) is 0.610. The molecule has 0 saturated heterocycles. The maximum atomic E-state index is 10.8. The Morgan fingerprint density at radius 1 is 1.26 bits per heavy atom. The lowest BCUT2D eigenvalue weighted by Crippen LogP contribution is -2.02. The number of ether oxygens (including phenoxy) is 2. The molecule has 19 heavy (non-hydrogen) atoms. The second-order valence-electron chi connectivity index (χ2n) is 3.69. The average molecular weight is 260 g/mol. The summed E-state index contributed by atoms with van der Waals surface area (Å²) in [5, 5.41) is 10.8. The summed E-state index contributed by atoms with van der Waals surface area (Å²) in [4.78, 5) is 14.2. The van der Waals surface area contributed by atoms with Crippen LogP contribution < -0.4 is 9.47 Å². The summed E-state index contributed by atoms with van der Waals surface area (Å²) in [7, 11) is 1.56. The minimum absolute atomic E-state index is 0.00148. The molecule has 2 aromatic rings. The SMILES string of the molecule is COc1ccccc1COc1ncccc1[N+](=O)[O-]. The van der Waals surface area contributed by atoms with E-state index in [1.54, 1.807) is 13.2 Å². The zero-order chi connectivity index (χ0) is 13.7. The van der Waals surface area contributed by atoms with Gasteiger partial charge in [-0.3, -0.25) is 10.1 Å². The van der Waals surface area contributed by atoms with Crippen molar-refractivity contribution in [2.45, 2.75) is 6.61 Å². The van der Waals surface area contributed by atoms with Crippen LogP contribution in [0.25, 0.3) is 0 Å². The summed E-state index contributed by atoms with van der Waals surface area (Å²) in [5.74, 6) is 0.666. The molecule has 1 aromatic heterocycles. The molecule has 0 aliphatic heterocycles. The van der Waals surface area contributed by atoms with Gasteiger partial charge in [-0.1, -0.05) is 18.2 Å². The number of hydrogen-bond acceptors (Lipinski definition) is 5. The molecule has 0 radical (unpaired) electrons. The lowest BCUT2D eigenvalue weighted by atomic mass is 10.2. The van der Waals surface area contributed by atoms with Crippen molar-refractivity contribution in [3.63, 3.8) is 0 Å². The van der Waals surface area contributed by atoms with Crippen LogP contribution in [-0.4, -0.2) is 17.0 Å². The van der Waals surface area contributed by atoms with Crippen LogP contribution in [0.2, 0.25) is 0 Å². The molecule has 0 amide bonds. The second kappa shape index (κ2) is 5.81. The molecule has 0 unspecified atom stereocenters. The Morgan fingerprint density at radius 2 is 2.05 bits per heavy atom. The standard InChI is InChI=1S/C13H12N2O4/c1-18-12-7-3-2-5-10(12)9-19-13-11(15(16)17)6-4-8-14-13/h2-8H,9H2,1H3. The highest BCUT2D eigenvalue weighted by Gasteiger charge is 2.16. The predicted octanol–water partition coefficient (Wildman–Crippen LogP) is 2.58. The molecule has 0 bridgehead atoms. The normalized spacial score (nSPS) is 9.95. The molecular weight excluding hydrogens is 248 g/mol. The molecular formula is C13H12N2O4. The highest BCUT2D eigenvalue weighted by molar-refractivity contribution is 5.40. The summed E-state index contributed by atoms with van der Waals surface area (Å²) in [6.45, 7) is 0.155. The Labute approximate surface area is 109 Å². The summed E-state index contributed by atoms with van der Waals surface area (Å²) < 4.78 is 10.6. The van der Waals surface area contributed by atoms with Gasteiger partial charge in [0.15, 0.2) is 0 Å². The van der Waals surface area contributed by atoms with Crippen LogP contribution in [-0.2, 0) is 6.61 Å². The van der Waals surface area contributed by atoms with Gasteiger partial charge in [0.25, 0.3) is 5.88 Å². The molecule has 6 heteroatoms. The van der Waals surface area contributed by atoms with Gasteiger partial charge in [0, 0.05) is 17.8 Å². The van der Waals surface area contributed by atoms with E-state index in [0.717, 1.165) is 5.56 Å². The minimum atomic E-state index is -0.523. The smallest absolute Gasteiger partial charge is 0.330 e. The third-order valence-electron chi connectivity index (χ3n) is 2.50. The Hall–Kier alpha value is -2.63. The monoisotopic (exact) mass is 260 g/mol. The molecule has 0 N–H and O–H groups in total. The van der Waals surface area contributed by atoms with Crippen LogP contribution in [0.15, 0.2) is 42.6 Å². The molecule has 2 rings (SSSR count). The highest BCUT2D eigenvalue weighted by atomic mass is 16.6. The third kappa shape index (κ3) is 2.98. The summed E-state index contributed by atoms with van der Waals surface area (Å²) in [6, 6.07) is 10.2. The molecule has 0 spiro atoms. The zero-order valence-corrected chi connectivity index (χ0v) is 10.3. The van der Waals surface area contributed by atoms with Crippen molar-refractivity contribution in [3.8, 4) is 11.6 Å². The number of pyridine rings is 1. The van der Waals surface area contributed by atoms with E-state index < -0.39 is 4.92 Å². The number of methoxy groups -OCH3 is 1. The van der Waals surface area contributed by atoms with Gasteiger partial charge in [0.2, 0.25) is 0 Å². The van der Waals surface area contributed by atoms with Crippen LogP contribution in [0.4, 0.5) is 5.69 Å². The first-order valence-corrected chi connectivity index (χ1v) is 5.56. The summed E-state index contributed by atoms with van der Waals surface area (Å²) in [6.07, 6.45) is 1.45. The number of rotatable bonds is 5. The molecule has 0 fully saturated rings. The predicted molar refractivity (Wildman–Crippen MR) is 68.2 cm³/mol. The molecule has 6 nitrogen and oxygen atoms in total. The van der Waals surface area contributed by atoms with Gasteiger partial charge in [-0.2, -0.15) is 0 Å². The van der Waals surface area contributed by atoms with E-state index in [-0.39, 0.29) is 18.2 Å². The van der Waals surface area contributed by atoms with Crippen LogP contribution in [0.1, 0.15) is 5.56 Å². The fraction of sp³-hybridized carbons (Fsp3) is 0.154. The summed E-state index contributed by atoms with van der Waals surface area (Å²) >= 11 is 0. The van der Waals surface area contributed by atoms with Gasteiger partial charge in [0.1, 0.15) is 12.4 Å². The van der Waals surface area contributed by atoms with E-state index in [9.17, 15) is 10.1 Å². The van der Waals surface area contributed by atoms with E-state index in [0.29, 0.717) is 5.75 Å². The molecule has 0 aliphatic rings. The number of para-hydroxylation sites is 1. The second-order valence-corrected chi connectivity index (χ2v) is 3.69. The van der Waals surface area contributed by atoms with Gasteiger partial charge in [-0.15, -0.1) is 0 Å². The lowest BCUT2D eigenvalue weighted by molar-refractivity contribution is -0.386. The largest absolute Gasteiger partial charge is 0.496 e. The maximum Gasteiger partial charge on any atom is 0.330 e. The van der Waals surface area contributed by atoms with E-state index in [1.165, 1.54) is 18.3 Å². The van der Waals surface area contributed by atoms with Gasteiger partial charge in [0.05, 0.1) is 12.0 Å². The molecule has 0 saturated carbocycles. The molecule has 1 heterocycles. The first-order valence-electron chi connectivity index (χ1n) is 5.56. The minimum Gasteiger partial charge on any atom is -0.496 e. The number of aromatic nitrogens is 1. The van der Waals surface area contributed by atoms with Crippen LogP contribution in [0.5, 0.6) is 11.6 Å². The summed E-state index contributed by atoms with van der Waals surface area (Å²) in [5.41, 5.74) is 0.641. The number of benzene rings is 1. The van der Waals surface area contributed by atoms with Crippen molar-refractivity contribution in [2.24, 2.45) is 0 Å². The number of nitrogens with zero attached hydrogens (tertiary/aromatic N) is 2. The Kier molecular flexibility index (Phi) is 3.92. The molecule has 0 atom stereocenters. The van der Waals surface area contributed by atoms with Crippen molar-refractivity contribution >= 4 is 5.69 Å². The number of hydrogen-bond donors (Lipinski definition) is 0. The van der Waals surface area contributed by atoms with Gasteiger partial charge >= 0.3 is 5.69 Å². The Balaban J connectivity index is 2.17. The van der Waals surface area contributed by atoms with Crippen molar-refractivity contribution in [1.29, 1.82) is 0 Å². The van der Waals surface area contributed by atoms with E-state index in [4.69, 9.17) is 9.47 Å². The highest BCUT2D eigenvalue weighted by Crippen LogP contribution is 2.25. The van der Waals surface area contributed by atoms with Gasteiger partial charge in [-0.05, 0) is 12.1 Å². The van der Waals surface area contributed by atoms with Crippen molar-refractivity contribution in [2.75, 3.05) is 7.11 Å². The Morgan fingerprint density at radius 3 is 2.79 bits per heavy atom. The van der Waals surface area contributed by atoms with E-state index >= 15 is 0 Å². The Bertz CT molecular complexity index is 586. The topological polar surface area (TPSA) is 74.5 Å². The lowest BCUT2D eigenvalue weighted by Gasteiger charge is -2.09. The zero-order valence-electron chi connectivity index (χ0n) is 10.3. The first kappa shape index (κ1) is 12.8. The van der Waals surface area contributed by atoms with Crippen molar-refractivity contribution in [3.05, 3.63) is 58.3 Å². The average Bonchev–Trinajstić information content (AvgIpc) is 2.45.